The first-order valence-electron chi connectivity index (χ1n) is 3.70. The number of hydrogen-bond donors (Lipinski definition) is 1. The van der Waals surface area contributed by atoms with E-state index in [0.717, 1.165) is 0 Å². The number of carboxylic acids is 1. The Balaban J connectivity index is 3.63. The maximum absolute atomic E-state index is 12.5. The molecular weight excluding hydrogens is 250 g/mol. The highest BCUT2D eigenvalue weighted by Crippen LogP contribution is 2.34. The summed E-state index contributed by atoms with van der Waals surface area (Å²) in [4.78, 5) is 23.1. The minimum atomic E-state index is -3.33. The van der Waals surface area contributed by atoms with Crippen molar-refractivity contribution in [1.82, 2.24) is 4.98 Å². The summed E-state index contributed by atoms with van der Waals surface area (Å²) >= 11 is 5.30. The van der Waals surface area contributed by atoms with E-state index in [1.54, 1.807) is 0 Å². The Kier molecular flexibility index (Phi) is 3.33. The lowest BCUT2D eigenvalue weighted by molar-refractivity contribution is -0.386. The van der Waals surface area contributed by atoms with Crippen molar-refractivity contribution in [2.75, 3.05) is 0 Å². The van der Waals surface area contributed by atoms with Crippen LogP contribution in [0.3, 0.4) is 0 Å². The summed E-state index contributed by atoms with van der Waals surface area (Å²) in [5, 5.41) is 18.3. The first-order chi connectivity index (χ1) is 7.36. The number of aromatic carboxylic acids is 1. The number of carboxylic acid groups (broad SMARTS) is 1. The van der Waals surface area contributed by atoms with Crippen LogP contribution in [0.25, 0.3) is 0 Å². The zero-order valence-corrected chi connectivity index (χ0v) is 8.11. The number of nitrogens with zero attached hydrogens (tertiary/aromatic N) is 2. The van der Waals surface area contributed by atoms with Gasteiger partial charge in [0.25, 0.3) is 12.1 Å². The van der Waals surface area contributed by atoms with E-state index in [2.05, 4.69) is 4.98 Å². The molecule has 0 unspecified atom stereocenters. The molecule has 1 heterocycles. The summed E-state index contributed by atoms with van der Waals surface area (Å²) in [5.41, 5.74) is -3.36. The lowest BCUT2D eigenvalue weighted by Gasteiger charge is -2.06. The molecule has 1 aromatic rings. The van der Waals surface area contributed by atoms with Crippen LogP contribution >= 0.6 is 11.6 Å². The summed E-state index contributed by atoms with van der Waals surface area (Å²) in [6.45, 7) is 0. The van der Waals surface area contributed by atoms with Crippen LogP contribution in [0.2, 0.25) is 5.15 Å². The summed E-state index contributed by atoms with van der Waals surface area (Å²) < 4.78 is 25.1. The maximum Gasteiger partial charge on any atom is 0.339 e. The quantitative estimate of drug-likeness (QED) is 0.506. The highest BCUT2D eigenvalue weighted by Gasteiger charge is 2.31. The van der Waals surface area contributed by atoms with Gasteiger partial charge in [0.2, 0.25) is 0 Å². The number of rotatable bonds is 3. The van der Waals surface area contributed by atoms with Gasteiger partial charge in [0.1, 0.15) is 22.5 Å². The molecule has 0 spiro atoms. The van der Waals surface area contributed by atoms with Gasteiger partial charge in [-0.2, -0.15) is 0 Å². The van der Waals surface area contributed by atoms with E-state index in [0.29, 0.717) is 6.20 Å². The highest BCUT2D eigenvalue weighted by atomic mass is 35.5. The van der Waals surface area contributed by atoms with Crippen molar-refractivity contribution >= 4 is 23.3 Å². The van der Waals surface area contributed by atoms with Crippen LogP contribution in [0.15, 0.2) is 6.20 Å². The van der Waals surface area contributed by atoms with Gasteiger partial charge in [-0.05, 0) is 0 Å². The van der Waals surface area contributed by atoms with Crippen molar-refractivity contribution in [2.45, 2.75) is 6.43 Å². The molecular formula is C7H3ClF2N2O4. The van der Waals surface area contributed by atoms with E-state index in [-0.39, 0.29) is 0 Å². The lowest BCUT2D eigenvalue weighted by Crippen LogP contribution is -2.08. The summed E-state index contributed by atoms with van der Waals surface area (Å²) in [7, 11) is 0. The van der Waals surface area contributed by atoms with Crippen molar-refractivity contribution in [3.05, 3.63) is 32.6 Å². The molecule has 1 N–H and O–H groups in total. The number of aromatic nitrogens is 1. The number of halogens is 3. The second kappa shape index (κ2) is 4.35. The Hall–Kier alpha value is -1.83. The standard InChI is InChI=1S/C7H3ClF2N2O4/c8-5-4(7(13)14)3(6(9)10)2(1-11-5)12(15)16/h1,6H,(H,13,14). The predicted octanol–water partition coefficient (Wildman–Crippen LogP) is 2.28. The number of pyridine rings is 1. The zero-order chi connectivity index (χ0) is 12.5. The Morgan fingerprint density at radius 3 is 2.56 bits per heavy atom. The van der Waals surface area contributed by atoms with Gasteiger partial charge < -0.3 is 5.11 Å². The third kappa shape index (κ3) is 2.06. The van der Waals surface area contributed by atoms with E-state index in [1.807, 2.05) is 0 Å². The van der Waals surface area contributed by atoms with Crippen LogP contribution in [0.4, 0.5) is 14.5 Å². The third-order valence-corrected chi connectivity index (χ3v) is 1.97. The second-order valence-corrected chi connectivity index (χ2v) is 2.94. The molecule has 0 aromatic carbocycles. The minimum Gasteiger partial charge on any atom is -0.478 e. The Morgan fingerprint density at radius 1 is 1.62 bits per heavy atom. The van der Waals surface area contributed by atoms with Gasteiger partial charge in [-0.1, -0.05) is 11.6 Å². The molecule has 0 amide bonds. The van der Waals surface area contributed by atoms with Gasteiger partial charge in [0.05, 0.1) is 4.92 Å². The van der Waals surface area contributed by atoms with E-state index in [9.17, 15) is 23.7 Å². The van der Waals surface area contributed by atoms with Gasteiger partial charge >= 0.3 is 5.97 Å². The van der Waals surface area contributed by atoms with Crippen LogP contribution in [0, 0.1) is 10.1 Å². The van der Waals surface area contributed by atoms with Crippen molar-refractivity contribution in [1.29, 1.82) is 0 Å². The Labute approximate surface area is 91.6 Å². The fourth-order valence-corrected chi connectivity index (χ4v) is 1.29. The number of carbonyl (C=O) groups is 1. The zero-order valence-electron chi connectivity index (χ0n) is 7.35. The molecule has 0 radical (unpaired) electrons. The molecule has 0 atom stereocenters. The first-order valence-corrected chi connectivity index (χ1v) is 4.08. The fourth-order valence-electron chi connectivity index (χ4n) is 1.06. The molecule has 16 heavy (non-hydrogen) atoms. The fraction of sp³-hybridized carbons (Fsp3) is 0.143. The van der Waals surface area contributed by atoms with Gasteiger partial charge in [-0.3, -0.25) is 10.1 Å². The average molecular weight is 253 g/mol. The molecule has 1 rings (SSSR count). The highest BCUT2D eigenvalue weighted by molar-refractivity contribution is 6.32. The van der Waals surface area contributed by atoms with Gasteiger partial charge in [0.15, 0.2) is 0 Å². The van der Waals surface area contributed by atoms with Crippen molar-refractivity contribution in [2.24, 2.45) is 0 Å². The van der Waals surface area contributed by atoms with E-state index in [4.69, 9.17) is 16.7 Å². The molecule has 0 saturated carbocycles. The lowest BCUT2D eigenvalue weighted by atomic mass is 10.1. The van der Waals surface area contributed by atoms with Crippen molar-refractivity contribution in [3.8, 4) is 0 Å². The monoisotopic (exact) mass is 252 g/mol. The molecule has 0 fully saturated rings. The first kappa shape index (κ1) is 12.2. The molecule has 0 aliphatic carbocycles. The van der Waals surface area contributed by atoms with Gasteiger partial charge in [0, 0.05) is 0 Å². The number of nitro groups is 1. The summed E-state index contributed by atoms with van der Waals surface area (Å²) in [5.74, 6) is -1.79. The molecule has 1 aromatic heterocycles. The molecule has 86 valence electrons. The van der Waals surface area contributed by atoms with Crippen LogP contribution in [0.5, 0.6) is 0 Å². The van der Waals surface area contributed by atoms with E-state index < -0.39 is 39.3 Å². The topological polar surface area (TPSA) is 93.3 Å². The molecule has 0 bridgehead atoms. The molecule has 0 aliphatic heterocycles. The number of hydrogen-bond acceptors (Lipinski definition) is 4. The minimum absolute atomic E-state index is 0.496. The predicted molar refractivity (Wildman–Crippen MR) is 47.8 cm³/mol. The Morgan fingerprint density at radius 2 is 2.19 bits per heavy atom. The average Bonchev–Trinajstić information content (AvgIpc) is 2.15. The molecule has 9 heteroatoms. The Bertz CT molecular complexity index is 466. The van der Waals surface area contributed by atoms with E-state index in [1.165, 1.54) is 0 Å². The molecule has 6 nitrogen and oxygen atoms in total. The van der Waals surface area contributed by atoms with Crippen LogP contribution in [0.1, 0.15) is 22.3 Å². The normalized spacial score (nSPS) is 10.5. The molecule has 0 saturated heterocycles. The smallest absolute Gasteiger partial charge is 0.339 e. The van der Waals surface area contributed by atoms with Crippen molar-refractivity contribution in [3.63, 3.8) is 0 Å². The number of alkyl halides is 2. The van der Waals surface area contributed by atoms with Crippen molar-refractivity contribution < 1.29 is 23.6 Å². The van der Waals surface area contributed by atoms with E-state index >= 15 is 0 Å². The third-order valence-electron chi connectivity index (χ3n) is 1.68. The van der Waals surface area contributed by atoms with Crippen LogP contribution < -0.4 is 0 Å². The maximum atomic E-state index is 12.5. The largest absolute Gasteiger partial charge is 0.478 e. The van der Waals surface area contributed by atoms with Crippen LogP contribution in [-0.4, -0.2) is 21.0 Å². The van der Waals surface area contributed by atoms with Gasteiger partial charge in [-0.15, -0.1) is 0 Å². The SMILES string of the molecule is O=C(O)c1c(Cl)ncc([N+](=O)[O-])c1C(F)F. The van der Waals surface area contributed by atoms with Crippen LogP contribution in [-0.2, 0) is 0 Å². The molecule has 0 aliphatic rings. The second-order valence-electron chi connectivity index (χ2n) is 2.59. The summed E-state index contributed by atoms with van der Waals surface area (Å²) in [6.07, 6.45) is -2.83. The van der Waals surface area contributed by atoms with Gasteiger partial charge in [-0.25, -0.2) is 18.6 Å². The summed E-state index contributed by atoms with van der Waals surface area (Å²) in [6, 6.07) is 0.